The summed E-state index contributed by atoms with van der Waals surface area (Å²) in [7, 11) is 0. The van der Waals surface area contributed by atoms with E-state index in [2.05, 4.69) is 12.1 Å². The van der Waals surface area contributed by atoms with Crippen molar-refractivity contribution in [2.45, 2.75) is 0 Å². The zero-order chi connectivity index (χ0) is 9.80. The van der Waals surface area contributed by atoms with Crippen molar-refractivity contribution in [3.63, 3.8) is 0 Å². The molecule has 0 N–H and O–H groups in total. The Kier molecular flexibility index (Phi) is 2.49. The SMILES string of the molecule is [CH2]COc1ccccc1-c1ccno1. The van der Waals surface area contributed by atoms with Crippen LogP contribution in [-0.4, -0.2) is 11.8 Å². The lowest BCUT2D eigenvalue weighted by Crippen LogP contribution is -1.93. The lowest BCUT2D eigenvalue weighted by Gasteiger charge is -2.06. The second kappa shape index (κ2) is 3.96. The molecule has 0 saturated carbocycles. The molecule has 3 heteroatoms. The summed E-state index contributed by atoms with van der Waals surface area (Å²) in [6, 6.07) is 9.43. The maximum atomic E-state index is 5.36. The summed E-state index contributed by atoms with van der Waals surface area (Å²) >= 11 is 0. The molecule has 2 rings (SSSR count). The van der Waals surface area contributed by atoms with Crippen LogP contribution < -0.4 is 4.74 Å². The normalized spacial score (nSPS) is 10.1. The first kappa shape index (κ1) is 8.81. The quantitative estimate of drug-likeness (QED) is 0.742. The molecule has 0 saturated heterocycles. The molecule has 1 heterocycles. The van der Waals surface area contributed by atoms with E-state index in [1.807, 2.05) is 24.3 Å². The average Bonchev–Trinajstić information content (AvgIpc) is 2.72. The van der Waals surface area contributed by atoms with Crippen molar-refractivity contribution < 1.29 is 9.26 Å². The molecule has 2 aromatic rings. The molecule has 0 atom stereocenters. The second-order valence-electron chi connectivity index (χ2n) is 2.72. The Balaban J connectivity index is 2.42. The minimum absolute atomic E-state index is 0.394. The lowest BCUT2D eigenvalue weighted by molar-refractivity contribution is 0.359. The molecule has 0 aliphatic carbocycles. The van der Waals surface area contributed by atoms with Gasteiger partial charge in [0, 0.05) is 6.07 Å². The molecular weight excluding hydrogens is 178 g/mol. The number of ether oxygens (including phenoxy) is 1. The number of aromatic nitrogens is 1. The topological polar surface area (TPSA) is 35.3 Å². The Morgan fingerprint density at radius 3 is 2.86 bits per heavy atom. The fourth-order valence-corrected chi connectivity index (χ4v) is 1.26. The minimum Gasteiger partial charge on any atom is -0.493 e. The van der Waals surface area contributed by atoms with Crippen molar-refractivity contribution >= 4 is 0 Å². The standard InChI is InChI=1S/C11H10NO2/c1-2-13-10-6-4-3-5-9(10)11-7-8-12-14-11/h3-8H,1-2H2. The van der Waals surface area contributed by atoms with Gasteiger partial charge in [-0.2, -0.15) is 0 Å². The molecule has 1 aromatic heterocycles. The van der Waals surface area contributed by atoms with Crippen molar-refractivity contribution in [2.24, 2.45) is 0 Å². The number of hydrogen-bond acceptors (Lipinski definition) is 3. The van der Waals surface area contributed by atoms with Crippen molar-refractivity contribution in [2.75, 3.05) is 6.61 Å². The summed E-state index contributed by atoms with van der Waals surface area (Å²) in [6.07, 6.45) is 1.61. The molecule has 0 fully saturated rings. The fourth-order valence-electron chi connectivity index (χ4n) is 1.26. The van der Waals surface area contributed by atoms with E-state index in [1.54, 1.807) is 12.3 Å². The predicted octanol–water partition coefficient (Wildman–Crippen LogP) is 2.55. The van der Waals surface area contributed by atoms with Crippen LogP contribution in [0.5, 0.6) is 5.75 Å². The van der Waals surface area contributed by atoms with Crippen LogP contribution in [0, 0.1) is 6.92 Å². The highest BCUT2D eigenvalue weighted by molar-refractivity contribution is 5.65. The molecule has 0 amide bonds. The van der Waals surface area contributed by atoms with Gasteiger partial charge in [-0.25, -0.2) is 0 Å². The number of hydrogen-bond donors (Lipinski definition) is 0. The van der Waals surface area contributed by atoms with Crippen molar-refractivity contribution in [1.29, 1.82) is 0 Å². The summed E-state index contributed by atoms with van der Waals surface area (Å²) in [4.78, 5) is 0. The van der Waals surface area contributed by atoms with Gasteiger partial charge in [-0.3, -0.25) is 0 Å². The van der Waals surface area contributed by atoms with Crippen LogP contribution in [0.1, 0.15) is 0 Å². The summed E-state index contributed by atoms with van der Waals surface area (Å²) in [5.41, 5.74) is 0.897. The zero-order valence-electron chi connectivity index (χ0n) is 7.64. The molecule has 14 heavy (non-hydrogen) atoms. The number of rotatable bonds is 3. The molecule has 0 spiro atoms. The molecule has 0 aliphatic rings. The van der Waals surface area contributed by atoms with Gasteiger partial charge >= 0.3 is 0 Å². The van der Waals surface area contributed by atoms with Gasteiger partial charge in [-0.1, -0.05) is 17.3 Å². The second-order valence-corrected chi connectivity index (χ2v) is 2.72. The maximum Gasteiger partial charge on any atom is 0.170 e. The summed E-state index contributed by atoms with van der Waals surface area (Å²) < 4.78 is 10.4. The van der Waals surface area contributed by atoms with Gasteiger partial charge in [0.15, 0.2) is 5.76 Å². The maximum absolute atomic E-state index is 5.36. The van der Waals surface area contributed by atoms with E-state index >= 15 is 0 Å². The molecule has 1 radical (unpaired) electrons. The molecular formula is C11H10NO2. The fraction of sp³-hybridized carbons (Fsp3) is 0.0909. The zero-order valence-corrected chi connectivity index (χ0v) is 7.64. The summed E-state index contributed by atoms with van der Waals surface area (Å²) in [5, 5.41) is 3.65. The van der Waals surface area contributed by atoms with E-state index in [9.17, 15) is 0 Å². The monoisotopic (exact) mass is 188 g/mol. The Labute approximate surface area is 82.3 Å². The highest BCUT2D eigenvalue weighted by Crippen LogP contribution is 2.29. The predicted molar refractivity (Wildman–Crippen MR) is 52.8 cm³/mol. The van der Waals surface area contributed by atoms with Crippen LogP contribution in [-0.2, 0) is 0 Å². The highest BCUT2D eigenvalue weighted by Gasteiger charge is 2.07. The van der Waals surface area contributed by atoms with Gasteiger partial charge in [0.1, 0.15) is 5.75 Å². The summed E-state index contributed by atoms with van der Waals surface area (Å²) in [6.45, 7) is 4.03. The van der Waals surface area contributed by atoms with Gasteiger partial charge in [-0.15, -0.1) is 0 Å². The van der Waals surface area contributed by atoms with Crippen LogP contribution >= 0.6 is 0 Å². The molecule has 0 unspecified atom stereocenters. The molecule has 1 aromatic carbocycles. The number of para-hydroxylation sites is 1. The van der Waals surface area contributed by atoms with Gasteiger partial charge < -0.3 is 9.26 Å². The average molecular weight is 188 g/mol. The molecule has 0 bridgehead atoms. The van der Waals surface area contributed by atoms with Crippen LogP contribution in [0.25, 0.3) is 11.3 Å². The molecule has 3 nitrogen and oxygen atoms in total. The Morgan fingerprint density at radius 2 is 2.14 bits per heavy atom. The third-order valence-electron chi connectivity index (χ3n) is 1.85. The van der Waals surface area contributed by atoms with Crippen molar-refractivity contribution in [3.8, 4) is 17.1 Å². The number of benzene rings is 1. The summed E-state index contributed by atoms with van der Waals surface area (Å²) in [5.74, 6) is 1.47. The van der Waals surface area contributed by atoms with E-state index in [4.69, 9.17) is 9.26 Å². The van der Waals surface area contributed by atoms with E-state index < -0.39 is 0 Å². The Bertz CT molecular complexity index is 395. The van der Waals surface area contributed by atoms with Crippen molar-refractivity contribution in [1.82, 2.24) is 5.16 Å². The van der Waals surface area contributed by atoms with E-state index in [0.717, 1.165) is 11.3 Å². The van der Waals surface area contributed by atoms with Gasteiger partial charge in [0.25, 0.3) is 0 Å². The van der Waals surface area contributed by atoms with E-state index in [1.165, 1.54) is 0 Å². The smallest absolute Gasteiger partial charge is 0.170 e. The van der Waals surface area contributed by atoms with Crippen molar-refractivity contribution in [3.05, 3.63) is 43.5 Å². The van der Waals surface area contributed by atoms with Gasteiger partial charge in [0.05, 0.1) is 18.4 Å². The van der Waals surface area contributed by atoms with Gasteiger partial charge in [-0.05, 0) is 19.1 Å². The molecule has 71 valence electrons. The Morgan fingerprint density at radius 1 is 1.29 bits per heavy atom. The minimum atomic E-state index is 0.394. The highest BCUT2D eigenvalue weighted by atomic mass is 16.5. The van der Waals surface area contributed by atoms with Gasteiger partial charge in [0.2, 0.25) is 0 Å². The van der Waals surface area contributed by atoms with E-state index in [-0.39, 0.29) is 0 Å². The first-order chi connectivity index (χ1) is 6.92. The number of nitrogens with zero attached hydrogens (tertiary/aromatic N) is 1. The molecule has 0 aliphatic heterocycles. The first-order valence-electron chi connectivity index (χ1n) is 4.34. The van der Waals surface area contributed by atoms with Crippen LogP contribution in [0.2, 0.25) is 0 Å². The largest absolute Gasteiger partial charge is 0.493 e. The third kappa shape index (κ3) is 1.62. The Hall–Kier alpha value is -1.77. The lowest BCUT2D eigenvalue weighted by atomic mass is 10.1. The van der Waals surface area contributed by atoms with Crippen LogP contribution in [0.4, 0.5) is 0 Å². The van der Waals surface area contributed by atoms with E-state index in [0.29, 0.717) is 12.4 Å². The third-order valence-corrected chi connectivity index (χ3v) is 1.85. The van der Waals surface area contributed by atoms with Crippen LogP contribution in [0.15, 0.2) is 41.1 Å². The first-order valence-corrected chi connectivity index (χ1v) is 4.34. The van der Waals surface area contributed by atoms with Crippen LogP contribution in [0.3, 0.4) is 0 Å².